The molecule has 0 aliphatic carbocycles. The summed E-state index contributed by atoms with van der Waals surface area (Å²) < 4.78 is 1.76. The standard InChI is InChI=1S/C9H10N4/c10-11-9-6-7-13(12-9)8-4-2-1-3-5-8/h1-7H,10H2,(H,11,12). The van der Waals surface area contributed by atoms with Gasteiger partial charge in [-0.2, -0.15) is 0 Å². The average molecular weight is 174 g/mol. The number of hydrazine groups is 1. The van der Waals surface area contributed by atoms with E-state index >= 15 is 0 Å². The Morgan fingerprint density at radius 3 is 2.54 bits per heavy atom. The lowest BCUT2D eigenvalue weighted by atomic mass is 10.3. The van der Waals surface area contributed by atoms with Crippen LogP contribution in [0.25, 0.3) is 5.69 Å². The molecule has 0 aliphatic rings. The van der Waals surface area contributed by atoms with Crippen LogP contribution < -0.4 is 11.3 Å². The number of hydrogen-bond acceptors (Lipinski definition) is 3. The maximum atomic E-state index is 5.22. The highest BCUT2D eigenvalue weighted by Crippen LogP contribution is 2.08. The molecule has 2 rings (SSSR count). The second-order valence-corrected chi connectivity index (χ2v) is 2.63. The van der Waals surface area contributed by atoms with Crippen LogP contribution in [0, 0.1) is 0 Å². The third-order valence-electron chi connectivity index (χ3n) is 1.76. The van der Waals surface area contributed by atoms with Crippen molar-refractivity contribution in [2.24, 2.45) is 5.84 Å². The lowest BCUT2D eigenvalue weighted by Gasteiger charge is -1.99. The van der Waals surface area contributed by atoms with Gasteiger partial charge in [-0.25, -0.2) is 10.5 Å². The van der Waals surface area contributed by atoms with E-state index in [4.69, 9.17) is 5.84 Å². The van der Waals surface area contributed by atoms with E-state index < -0.39 is 0 Å². The third-order valence-corrected chi connectivity index (χ3v) is 1.76. The van der Waals surface area contributed by atoms with Crippen LogP contribution in [0.1, 0.15) is 0 Å². The first-order valence-corrected chi connectivity index (χ1v) is 3.98. The number of anilines is 1. The van der Waals surface area contributed by atoms with E-state index in [0.717, 1.165) is 5.69 Å². The van der Waals surface area contributed by atoms with Gasteiger partial charge < -0.3 is 5.43 Å². The number of benzene rings is 1. The van der Waals surface area contributed by atoms with Crippen LogP contribution in [-0.4, -0.2) is 9.78 Å². The van der Waals surface area contributed by atoms with Crippen LogP contribution in [0.15, 0.2) is 42.6 Å². The van der Waals surface area contributed by atoms with Gasteiger partial charge in [-0.15, -0.1) is 5.10 Å². The monoisotopic (exact) mass is 174 g/mol. The number of nitrogen functional groups attached to an aromatic ring is 1. The lowest BCUT2D eigenvalue weighted by Crippen LogP contribution is -2.07. The normalized spacial score (nSPS) is 9.92. The molecule has 0 saturated carbocycles. The van der Waals surface area contributed by atoms with Gasteiger partial charge in [-0.3, -0.25) is 0 Å². The van der Waals surface area contributed by atoms with E-state index in [9.17, 15) is 0 Å². The highest BCUT2D eigenvalue weighted by atomic mass is 15.4. The van der Waals surface area contributed by atoms with E-state index in [1.165, 1.54) is 0 Å². The van der Waals surface area contributed by atoms with Gasteiger partial charge >= 0.3 is 0 Å². The molecule has 0 unspecified atom stereocenters. The zero-order valence-electron chi connectivity index (χ0n) is 7.01. The third kappa shape index (κ3) is 1.52. The zero-order valence-corrected chi connectivity index (χ0v) is 7.01. The van der Waals surface area contributed by atoms with Crippen LogP contribution in [0.4, 0.5) is 5.82 Å². The van der Waals surface area contributed by atoms with Crippen molar-refractivity contribution in [1.29, 1.82) is 0 Å². The Morgan fingerprint density at radius 2 is 1.92 bits per heavy atom. The molecule has 0 fully saturated rings. The van der Waals surface area contributed by atoms with Crippen molar-refractivity contribution in [3.63, 3.8) is 0 Å². The predicted molar refractivity (Wildman–Crippen MR) is 51.4 cm³/mol. The Labute approximate surface area is 76.0 Å². The van der Waals surface area contributed by atoms with E-state index in [2.05, 4.69) is 10.5 Å². The molecule has 0 amide bonds. The topological polar surface area (TPSA) is 55.9 Å². The molecule has 1 aromatic heterocycles. The van der Waals surface area contributed by atoms with Crippen molar-refractivity contribution in [3.8, 4) is 5.69 Å². The molecule has 0 saturated heterocycles. The van der Waals surface area contributed by atoms with Gasteiger partial charge in [-0.1, -0.05) is 18.2 Å². The van der Waals surface area contributed by atoms with E-state index in [-0.39, 0.29) is 0 Å². The maximum absolute atomic E-state index is 5.22. The Bertz CT molecular complexity index is 380. The van der Waals surface area contributed by atoms with Crippen molar-refractivity contribution in [2.45, 2.75) is 0 Å². The molecule has 13 heavy (non-hydrogen) atoms. The van der Waals surface area contributed by atoms with Crippen LogP contribution in [0.3, 0.4) is 0 Å². The summed E-state index contributed by atoms with van der Waals surface area (Å²) in [6.45, 7) is 0. The maximum Gasteiger partial charge on any atom is 0.162 e. The van der Waals surface area contributed by atoms with Gasteiger partial charge in [-0.05, 0) is 12.1 Å². The molecule has 3 N–H and O–H groups in total. The Kier molecular flexibility index (Phi) is 1.97. The molecule has 1 heterocycles. The van der Waals surface area contributed by atoms with Crippen molar-refractivity contribution in [2.75, 3.05) is 5.43 Å². The summed E-state index contributed by atoms with van der Waals surface area (Å²) in [7, 11) is 0. The fraction of sp³-hybridized carbons (Fsp3) is 0. The van der Waals surface area contributed by atoms with Crippen molar-refractivity contribution in [1.82, 2.24) is 9.78 Å². The summed E-state index contributed by atoms with van der Waals surface area (Å²) in [4.78, 5) is 0. The summed E-state index contributed by atoms with van der Waals surface area (Å²) >= 11 is 0. The molecule has 4 nitrogen and oxygen atoms in total. The van der Waals surface area contributed by atoms with Gasteiger partial charge in [0.1, 0.15) is 0 Å². The molecule has 2 aromatic rings. The largest absolute Gasteiger partial charge is 0.307 e. The highest BCUT2D eigenvalue weighted by molar-refractivity contribution is 5.36. The lowest BCUT2D eigenvalue weighted by molar-refractivity contribution is 0.881. The fourth-order valence-corrected chi connectivity index (χ4v) is 1.13. The first-order chi connectivity index (χ1) is 6.40. The second kappa shape index (κ2) is 3.28. The molecular formula is C9H10N4. The van der Waals surface area contributed by atoms with Crippen molar-refractivity contribution >= 4 is 5.82 Å². The average Bonchev–Trinajstić information content (AvgIpc) is 2.67. The summed E-state index contributed by atoms with van der Waals surface area (Å²) in [6, 6.07) is 11.7. The minimum atomic E-state index is 0.656. The first-order valence-electron chi connectivity index (χ1n) is 3.98. The van der Waals surface area contributed by atoms with Crippen molar-refractivity contribution < 1.29 is 0 Å². The predicted octanol–water partition coefficient (Wildman–Crippen LogP) is 1.16. The molecule has 66 valence electrons. The highest BCUT2D eigenvalue weighted by Gasteiger charge is 1.97. The van der Waals surface area contributed by atoms with Gasteiger partial charge in [0.25, 0.3) is 0 Å². The minimum absolute atomic E-state index is 0.656. The summed E-state index contributed by atoms with van der Waals surface area (Å²) in [5.41, 5.74) is 3.50. The quantitative estimate of drug-likeness (QED) is 0.530. The Hall–Kier alpha value is -1.81. The molecule has 0 aliphatic heterocycles. The summed E-state index contributed by atoms with van der Waals surface area (Å²) in [6.07, 6.45) is 1.85. The molecule has 0 atom stereocenters. The second-order valence-electron chi connectivity index (χ2n) is 2.63. The van der Waals surface area contributed by atoms with Gasteiger partial charge in [0.05, 0.1) is 5.69 Å². The van der Waals surface area contributed by atoms with Crippen LogP contribution in [0.5, 0.6) is 0 Å². The summed E-state index contributed by atoms with van der Waals surface area (Å²) in [5.74, 6) is 5.87. The molecule has 1 aromatic carbocycles. The molecule has 0 spiro atoms. The SMILES string of the molecule is NNc1ccn(-c2ccccc2)n1. The number of hydrogen-bond donors (Lipinski definition) is 2. The van der Waals surface area contributed by atoms with Crippen LogP contribution in [0.2, 0.25) is 0 Å². The van der Waals surface area contributed by atoms with E-state index in [1.54, 1.807) is 4.68 Å². The molecular weight excluding hydrogens is 164 g/mol. The number of nitrogens with one attached hydrogen (secondary N) is 1. The molecule has 0 bridgehead atoms. The van der Waals surface area contributed by atoms with Gasteiger partial charge in [0, 0.05) is 12.3 Å². The summed E-state index contributed by atoms with van der Waals surface area (Å²) in [5, 5.41) is 4.18. The zero-order chi connectivity index (χ0) is 9.10. The Morgan fingerprint density at radius 1 is 1.15 bits per heavy atom. The first kappa shape index (κ1) is 7.82. The number of aromatic nitrogens is 2. The smallest absolute Gasteiger partial charge is 0.162 e. The van der Waals surface area contributed by atoms with Crippen LogP contribution in [-0.2, 0) is 0 Å². The Balaban J connectivity index is 2.36. The fourth-order valence-electron chi connectivity index (χ4n) is 1.13. The minimum Gasteiger partial charge on any atom is -0.307 e. The number of nitrogens with zero attached hydrogens (tertiary/aromatic N) is 2. The van der Waals surface area contributed by atoms with Crippen LogP contribution >= 0.6 is 0 Å². The molecule has 4 heteroatoms. The molecule has 0 radical (unpaired) electrons. The number of para-hydroxylation sites is 1. The van der Waals surface area contributed by atoms with Gasteiger partial charge in [0.2, 0.25) is 0 Å². The number of nitrogens with two attached hydrogens (primary N) is 1. The van der Waals surface area contributed by atoms with E-state index in [1.807, 2.05) is 42.6 Å². The number of rotatable bonds is 2. The van der Waals surface area contributed by atoms with E-state index in [0.29, 0.717) is 5.82 Å². The van der Waals surface area contributed by atoms with Crippen molar-refractivity contribution in [3.05, 3.63) is 42.6 Å². The van der Waals surface area contributed by atoms with Gasteiger partial charge in [0.15, 0.2) is 5.82 Å².